The van der Waals surface area contributed by atoms with E-state index in [1.54, 1.807) is 6.07 Å². The minimum atomic E-state index is -4.84. The first-order valence-corrected chi connectivity index (χ1v) is 6.58. The Morgan fingerprint density at radius 2 is 2.00 bits per heavy atom. The molecule has 22 heavy (non-hydrogen) atoms. The number of halogens is 3. The maximum atomic E-state index is 12.3. The molecule has 0 aliphatic carbocycles. The summed E-state index contributed by atoms with van der Waals surface area (Å²) in [5.41, 5.74) is 5.08. The molecule has 119 valence electrons. The van der Waals surface area contributed by atoms with Gasteiger partial charge in [-0.15, -0.1) is 0 Å². The number of pyridine rings is 1. The molecule has 9 heteroatoms. The van der Waals surface area contributed by atoms with Gasteiger partial charge in [-0.05, 0) is 25.0 Å². The standard InChI is InChI=1S/C13H14F3N4O2/c14-13(15,16)12(22)20-6-4-8(5-7-20)18-10-3-1-2-9(19-10)11(17)21/h1,3,8H,4-7H2,(H2,17,21)(H,18,19). The molecule has 0 spiro atoms. The van der Waals surface area contributed by atoms with Crippen molar-refractivity contribution in [1.29, 1.82) is 0 Å². The summed E-state index contributed by atoms with van der Waals surface area (Å²) in [5, 5.41) is 3.02. The summed E-state index contributed by atoms with van der Waals surface area (Å²) >= 11 is 0. The van der Waals surface area contributed by atoms with Crippen LogP contribution in [0.4, 0.5) is 19.0 Å². The van der Waals surface area contributed by atoms with Crippen LogP contribution < -0.4 is 11.1 Å². The fraction of sp³-hybridized carbons (Fsp3) is 0.462. The Labute approximate surface area is 124 Å². The zero-order chi connectivity index (χ0) is 16.3. The highest BCUT2D eigenvalue weighted by Crippen LogP contribution is 2.22. The van der Waals surface area contributed by atoms with E-state index >= 15 is 0 Å². The minimum Gasteiger partial charge on any atom is -0.367 e. The minimum absolute atomic E-state index is 0.0116. The summed E-state index contributed by atoms with van der Waals surface area (Å²) in [7, 11) is 0. The van der Waals surface area contributed by atoms with Gasteiger partial charge in [-0.1, -0.05) is 0 Å². The lowest BCUT2D eigenvalue weighted by atomic mass is 10.0. The smallest absolute Gasteiger partial charge is 0.367 e. The van der Waals surface area contributed by atoms with Crippen LogP contribution in [0.3, 0.4) is 0 Å². The van der Waals surface area contributed by atoms with Crippen LogP contribution in [0.2, 0.25) is 0 Å². The van der Waals surface area contributed by atoms with Crippen molar-refractivity contribution in [3.05, 3.63) is 23.9 Å². The summed E-state index contributed by atoms with van der Waals surface area (Å²) in [6, 6.07) is 5.52. The first-order valence-electron chi connectivity index (χ1n) is 6.58. The maximum absolute atomic E-state index is 12.3. The average molecular weight is 315 g/mol. The van der Waals surface area contributed by atoms with E-state index in [-0.39, 0.29) is 24.8 Å². The molecule has 1 aromatic heterocycles. The van der Waals surface area contributed by atoms with Crippen molar-refractivity contribution in [1.82, 2.24) is 9.88 Å². The predicted molar refractivity (Wildman–Crippen MR) is 70.9 cm³/mol. The van der Waals surface area contributed by atoms with E-state index in [2.05, 4.69) is 16.4 Å². The van der Waals surface area contributed by atoms with E-state index in [4.69, 9.17) is 5.73 Å². The summed E-state index contributed by atoms with van der Waals surface area (Å²) in [5.74, 6) is -2.13. The molecule has 2 rings (SSSR count). The number of nitrogens with one attached hydrogen (secondary N) is 1. The van der Waals surface area contributed by atoms with Gasteiger partial charge in [-0.2, -0.15) is 13.2 Å². The van der Waals surface area contributed by atoms with Gasteiger partial charge in [0, 0.05) is 25.2 Å². The summed E-state index contributed by atoms with van der Waals surface area (Å²) < 4.78 is 37.0. The number of nitrogens with zero attached hydrogens (tertiary/aromatic N) is 2. The van der Waals surface area contributed by atoms with Crippen LogP contribution >= 0.6 is 0 Å². The molecule has 1 radical (unpaired) electrons. The number of amides is 2. The Morgan fingerprint density at radius 1 is 1.36 bits per heavy atom. The van der Waals surface area contributed by atoms with Crippen molar-refractivity contribution < 1.29 is 22.8 Å². The fourth-order valence-electron chi connectivity index (χ4n) is 2.21. The zero-order valence-corrected chi connectivity index (χ0v) is 11.5. The number of primary amides is 1. The van der Waals surface area contributed by atoms with Crippen LogP contribution in [0.1, 0.15) is 23.3 Å². The zero-order valence-electron chi connectivity index (χ0n) is 11.5. The Hall–Kier alpha value is -2.32. The monoisotopic (exact) mass is 315 g/mol. The molecular formula is C13H14F3N4O2. The van der Waals surface area contributed by atoms with Crippen LogP contribution in [0.15, 0.2) is 12.1 Å². The van der Waals surface area contributed by atoms with Crippen LogP contribution in [-0.2, 0) is 4.79 Å². The highest BCUT2D eigenvalue weighted by molar-refractivity contribution is 5.90. The van der Waals surface area contributed by atoms with E-state index in [1.165, 1.54) is 6.07 Å². The fourth-order valence-corrected chi connectivity index (χ4v) is 2.21. The van der Waals surface area contributed by atoms with Gasteiger partial charge in [-0.25, -0.2) is 4.98 Å². The Bertz CT molecular complexity index is 569. The van der Waals surface area contributed by atoms with E-state index < -0.39 is 18.0 Å². The Morgan fingerprint density at radius 3 is 2.55 bits per heavy atom. The number of piperidine rings is 1. The molecule has 0 atom stereocenters. The largest absolute Gasteiger partial charge is 0.471 e. The molecule has 1 aromatic rings. The summed E-state index contributed by atoms with van der Waals surface area (Å²) in [4.78, 5) is 26.9. The molecule has 0 unspecified atom stereocenters. The third-order valence-corrected chi connectivity index (χ3v) is 3.30. The van der Waals surface area contributed by atoms with Gasteiger partial charge in [0.1, 0.15) is 11.5 Å². The number of anilines is 1. The Balaban J connectivity index is 1.91. The number of carbonyl (C=O) groups is 2. The molecule has 0 saturated carbocycles. The lowest BCUT2D eigenvalue weighted by Crippen LogP contribution is -2.47. The van der Waals surface area contributed by atoms with Crippen molar-refractivity contribution in [3.63, 3.8) is 0 Å². The molecule has 6 nitrogen and oxygen atoms in total. The number of carbonyl (C=O) groups excluding carboxylic acids is 2. The van der Waals surface area contributed by atoms with Gasteiger partial charge in [0.2, 0.25) is 0 Å². The molecule has 0 aromatic carbocycles. The number of hydrogen-bond acceptors (Lipinski definition) is 4. The predicted octanol–water partition coefficient (Wildman–Crippen LogP) is 0.946. The molecule has 2 amide bonds. The molecule has 1 fully saturated rings. The van der Waals surface area contributed by atoms with Crippen molar-refractivity contribution >= 4 is 17.6 Å². The van der Waals surface area contributed by atoms with E-state index in [0.29, 0.717) is 18.7 Å². The van der Waals surface area contributed by atoms with Gasteiger partial charge >= 0.3 is 12.1 Å². The van der Waals surface area contributed by atoms with Crippen molar-refractivity contribution in [2.45, 2.75) is 25.1 Å². The van der Waals surface area contributed by atoms with Gasteiger partial charge in [0.15, 0.2) is 0 Å². The highest BCUT2D eigenvalue weighted by atomic mass is 19.4. The number of likely N-dealkylation sites (tertiary alicyclic amines) is 1. The van der Waals surface area contributed by atoms with Gasteiger partial charge in [0.05, 0.1) is 0 Å². The van der Waals surface area contributed by atoms with E-state index in [1.807, 2.05) is 0 Å². The van der Waals surface area contributed by atoms with Gasteiger partial charge in [0.25, 0.3) is 5.91 Å². The Kier molecular flexibility index (Phi) is 4.53. The number of rotatable bonds is 3. The third-order valence-electron chi connectivity index (χ3n) is 3.30. The molecule has 3 N–H and O–H groups in total. The van der Waals surface area contributed by atoms with Crippen LogP contribution in [0.25, 0.3) is 0 Å². The van der Waals surface area contributed by atoms with Crippen LogP contribution in [0.5, 0.6) is 0 Å². The maximum Gasteiger partial charge on any atom is 0.471 e. The van der Waals surface area contributed by atoms with E-state index in [0.717, 1.165) is 4.90 Å². The van der Waals surface area contributed by atoms with Crippen LogP contribution in [-0.4, -0.2) is 47.0 Å². The van der Waals surface area contributed by atoms with Crippen molar-refractivity contribution in [2.75, 3.05) is 18.4 Å². The summed E-state index contributed by atoms with van der Waals surface area (Å²) in [6.07, 6.45) is -4.13. The van der Waals surface area contributed by atoms with Gasteiger partial charge < -0.3 is 16.0 Å². The molecule has 1 aliphatic rings. The quantitative estimate of drug-likeness (QED) is 0.869. The number of nitrogens with two attached hydrogens (primary N) is 1. The van der Waals surface area contributed by atoms with Crippen molar-refractivity contribution in [3.8, 4) is 0 Å². The lowest BCUT2D eigenvalue weighted by molar-refractivity contribution is -0.186. The SMILES string of the molecule is NC(=O)c1[c]ccc(NC2CCN(C(=O)C(F)(F)F)CC2)n1. The second-order valence-electron chi connectivity index (χ2n) is 4.90. The van der Waals surface area contributed by atoms with Crippen molar-refractivity contribution in [2.24, 2.45) is 5.73 Å². The molecule has 2 heterocycles. The molecule has 1 saturated heterocycles. The normalized spacial score (nSPS) is 16.4. The second kappa shape index (κ2) is 6.20. The first-order chi connectivity index (χ1) is 10.3. The van der Waals surface area contributed by atoms with Gasteiger partial charge in [-0.3, -0.25) is 9.59 Å². The lowest BCUT2D eigenvalue weighted by Gasteiger charge is -2.32. The molecule has 0 bridgehead atoms. The van der Waals surface area contributed by atoms with E-state index in [9.17, 15) is 22.8 Å². The topological polar surface area (TPSA) is 88.3 Å². The number of hydrogen-bond donors (Lipinski definition) is 2. The molecular weight excluding hydrogens is 301 g/mol. The highest BCUT2D eigenvalue weighted by Gasteiger charge is 2.43. The number of aromatic nitrogens is 1. The summed E-state index contributed by atoms with van der Waals surface area (Å²) in [6.45, 7) is 0.0231. The van der Waals surface area contributed by atoms with Crippen LogP contribution in [0, 0.1) is 6.07 Å². The number of alkyl halides is 3. The average Bonchev–Trinajstić information content (AvgIpc) is 2.46. The second-order valence-corrected chi connectivity index (χ2v) is 4.90. The third kappa shape index (κ3) is 3.86. The first kappa shape index (κ1) is 16.1. The molecule has 1 aliphatic heterocycles.